The number of hydrogen-bond donors (Lipinski definition) is 0. The van der Waals surface area contributed by atoms with Crippen molar-refractivity contribution in [1.29, 1.82) is 0 Å². The van der Waals surface area contributed by atoms with Crippen LogP contribution in [0, 0.1) is 13.8 Å². The van der Waals surface area contributed by atoms with Gasteiger partial charge < -0.3 is 4.57 Å². The predicted molar refractivity (Wildman–Crippen MR) is 210 cm³/mol. The van der Waals surface area contributed by atoms with Gasteiger partial charge in [0.15, 0.2) is 0 Å². The van der Waals surface area contributed by atoms with Crippen LogP contribution in [-0.2, 0) is 0 Å². The zero-order chi connectivity index (χ0) is 32.9. The lowest BCUT2D eigenvalue weighted by atomic mass is 9.84. The highest BCUT2D eigenvalue weighted by Crippen LogP contribution is 2.46. The van der Waals surface area contributed by atoms with Crippen LogP contribution in [0.1, 0.15) is 11.1 Å². The van der Waals surface area contributed by atoms with Crippen LogP contribution in [-0.4, -0.2) is 4.57 Å². The van der Waals surface area contributed by atoms with Gasteiger partial charge in [0.2, 0.25) is 0 Å². The second-order valence-electron chi connectivity index (χ2n) is 13.1. The van der Waals surface area contributed by atoms with E-state index in [0.717, 1.165) is 5.69 Å². The minimum atomic E-state index is 1.14. The maximum atomic E-state index is 2.43. The molecule has 0 amide bonds. The first-order valence-corrected chi connectivity index (χ1v) is 17.0. The van der Waals surface area contributed by atoms with Crippen molar-refractivity contribution in [3.05, 3.63) is 187 Å². The van der Waals surface area contributed by atoms with Gasteiger partial charge in [0, 0.05) is 5.69 Å². The second kappa shape index (κ2) is 11.8. The Hall–Kier alpha value is -6.18. The number of aromatic nitrogens is 1. The second-order valence-corrected chi connectivity index (χ2v) is 13.1. The van der Waals surface area contributed by atoms with Gasteiger partial charge in [-0.15, -0.1) is 0 Å². The number of rotatable bonds is 5. The Morgan fingerprint density at radius 1 is 0.347 bits per heavy atom. The van der Waals surface area contributed by atoms with Crippen LogP contribution in [0.3, 0.4) is 0 Å². The summed E-state index contributed by atoms with van der Waals surface area (Å²) < 4.78 is 2.43. The van der Waals surface area contributed by atoms with E-state index in [2.05, 4.69) is 194 Å². The molecule has 1 heteroatoms. The third-order valence-corrected chi connectivity index (χ3v) is 9.86. The fourth-order valence-electron chi connectivity index (χ4n) is 7.85. The van der Waals surface area contributed by atoms with Gasteiger partial charge in [0.1, 0.15) is 0 Å². The Balaban J connectivity index is 1.43. The quantitative estimate of drug-likeness (QED) is 0.168. The van der Waals surface area contributed by atoms with Gasteiger partial charge in [0.05, 0.1) is 11.4 Å². The van der Waals surface area contributed by atoms with Crippen molar-refractivity contribution < 1.29 is 0 Å². The molecule has 8 aromatic carbocycles. The Kier molecular flexibility index (Phi) is 6.99. The summed E-state index contributed by atoms with van der Waals surface area (Å²) in [4.78, 5) is 0. The molecule has 49 heavy (non-hydrogen) atoms. The number of benzene rings is 8. The minimum Gasteiger partial charge on any atom is -0.309 e. The van der Waals surface area contributed by atoms with Crippen LogP contribution in [0.25, 0.3) is 82.8 Å². The average molecular weight is 626 g/mol. The van der Waals surface area contributed by atoms with Gasteiger partial charge in [-0.1, -0.05) is 163 Å². The van der Waals surface area contributed by atoms with Crippen LogP contribution >= 0.6 is 0 Å². The Morgan fingerprint density at radius 3 is 1.53 bits per heavy atom. The third kappa shape index (κ3) is 4.94. The van der Waals surface area contributed by atoms with E-state index in [9.17, 15) is 0 Å². The van der Waals surface area contributed by atoms with Crippen molar-refractivity contribution in [2.75, 3.05) is 0 Å². The van der Waals surface area contributed by atoms with Gasteiger partial charge in [0.25, 0.3) is 0 Å². The molecule has 0 aliphatic rings. The predicted octanol–water partition coefficient (Wildman–Crippen LogP) is 13.2. The zero-order valence-corrected chi connectivity index (χ0v) is 27.7. The van der Waals surface area contributed by atoms with Gasteiger partial charge in [-0.25, -0.2) is 0 Å². The fraction of sp³-hybridized carbons (Fsp3) is 0.0417. The molecular weight excluding hydrogens is 591 g/mol. The highest BCUT2D eigenvalue weighted by Gasteiger charge is 2.21. The van der Waals surface area contributed by atoms with Crippen molar-refractivity contribution in [3.8, 4) is 50.5 Å². The largest absolute Gasteiger partial charge is 0.309 e. The van der Waals surface area contributed by atoms with E-state index >= 15 is 0 Å². The van der Waals surface area contributed by atoms with Crippen LogP contribution in [0.5, 0.6) is 0 Å². The molecule has 0 bridgehead atoms. The summed E-state index contributed by atoms with van der Waals surface area (Å²) in [5.74, 6) is 0. The van der Waals surface area contributed by atoms with Crippen LogP contribution in [0.4, 0.5) is 0 Å². The zero-order valence-electron chi connectivity index (χ0n) is 27.7. The number of nitrogens with zero attached hydrogens (tertiary/aromatic N) is 1. The van der Waals surface area contributed by atoms with Crippen LogP contribution in [0.15, 0.2) is 176 Å². The first-order valence-electron chi connectivity index (χ1n) is 17.0. The molecular formula is C48H35N. The Bertz CT molecular complexity index is 2580. The molecule has 0 saturated carbocycles. The van der Waals surface area contributed by atoms with Gasteiger partial charge in [-0.3, -0.25) is 0 Å². The standard InChI is InChI=1S/C48H35N/c1-32-28-33(2)30-37(29-32)47-41-21-11-12-22-42(41)48(40-23-13-19-34-14-9-10-20-39(34)40)43-25-24-38(31-44(43)47)49-45(35-15-5-3-6-16-35)26-27-46(49)36-17-7-4-8-18-36/h3-31H,1-2H3. The molecule has 0 radical (unpaired) electrons. The van der Waals surface area contributed by atoms with Gasteiger partial charge >= 0.3 is 0 Å². The molecule has 0 unspecified atom stereocenters. The summed E-state index contributed by atoms with van der Waals surface area (Å²) in [5.41, 5.74) is 13.5. The number of aryl methyl sites for hydroxylation is 2. The molecule has 9 rings (SSSR count). The summed E-state index contributed by atoms with van der Waals surface area (Å²) in [6, 6.07) is 64.5. The molecule has 1 heterocycles. The smallest absolute Gasteiger partial charge is 0.0535 e. The molecule has 0 atom stereocenters. The summed E-state index contributed by atoms with van der Waals surface area (Å²) in [5, 5.41) is 7.55. The number of fused-ring (bicyclic) bond motifs is 3. The van der Waals surface area contributed by atoms with Crippen molar-refractivity contribution in [3.63, 3.8) is 0 Å². The lowest BCUT2D eigenvalue weighted by molar-refractivity contribution is 1.10. The molecule has 0 aliphatic heterocycles. The summed E-state index contributed by atoms with van der Waals surface area (Å²) in [7, 11) is 0. The highest BCUT2D eigenvalue weighted by molar-refractivity contribution is 6.23. The monoisotopic (exact) mass is 625 g/mol. The normalized spacial score (nSPS) is 11.5. The van der Waals surface area contributed by atoms with Crippen molar-refractivity contribution in [2.24, 2.45) is 0 Å². The van der Waals surface area contributed by atoms with Gasteiger partial charge in [-0.05, 0) is 104 Å². The van der Waals surface area contributed by atoms with Gasteiger partial charge in [-0.2, -0.15) is 0 Å². The molecule has 9 aromatic rings. The van der Waals surface area contributed by atoms with E-state index in [4.69, 9.17) is 0 Å². The SMILES string of the molecule is Cc1cc(C)cc(-c2c3ccccc3c(-c3cccc4ccccc34)c3ccc(-n4c(-c5ccccc5)ccc4-c4ccccc4)cc23)c1. The molecule has 232 valence electrons. The lowest BCUT2D eigenvalue weighted by Crippen LogP contribution is -2.00. The third-order valence-electron chi connectivity index (χ3n) is 9.86. The molecule has 0 spiro atoms. The summed E-state index contributed by atoms with van der Waals surface area (Å²) >= 11 is 0. The maximum absolute atomic E-state index is 2.43. The molecule has 1 aromatic heterocycles. The summed E-state index contributed by atoms with van der Waals surface area (Å²) in [6.45, 7) is 4.41. The molecule has 0 N–H and O–H groups in total. The minimum absolute atomic E-state index is 1.14. The average Bonchev–Trinajstić information content (AvgIpc) is 3.59. The van der Waals surface area contributed by atoms with Crippen LogP contribution < -0.4 is 0 Å². The first kappa shape index (κ1) is 29.0. The van der Waals surface area contributed by atoms with E-state index in [1.54, 1.807) is 0 Å². The lowest BCUT2D eigenvalue weighted by Gasteiger charge is -2.21. The van der Waals surface area contributed by atoms with Crippen molar-refractivity contribution >= 4 is 32.3 Å². The summed E-state index contributed by atoms with van der Waals surface area (Å²) in [6.07, 6.45) is 0. The molecule has 0 fully saturated rings. The van der Waals surface area contributed by atoms with E-state index < -0.39 is 0 Å². The first-order chi connectivity index (χ1) is 24.1. The van der Waals surface area contributed by atoms with E-state index in [-0.39, 0.29) is 0 Å². The van der Waals surface area contributed by atoms with Crippen molar-refractivity contribution in [1.82, 2.24) is 4.57 Å². The van der Waals surface area contributed by atoms with E-state index in [1.165, 1.54) is 88.2 Å². The Labute approximate surface area is 287 Å². The topological polar surface area (TPSA) is 4.93 Å². The molecule has 1 nitrogen and oxygen atoms in total. The number of hydrogen-bond acceptors (Lipinski definition) is 0. The molecule has 0 saturated heterocycles. The van der Waals surface area contributed by atoms with Crippen molar-refractivity contribution in [2.45, 2.75) is 13.8 Å². The molecule has 0 aliphatic carbocycles. The van der Waals surface area contributed by atoms with E-state index in [1.807, 2.05) is 0 Å². The van der Waals surface area contributed by atoms with Crippen LogP contribution in [0.2, 0.25) is 0 Å². The Morgan fingerprint density at radius 2 is 0.878 bits per heavy atom. The van der Waals surface area contributed by atoms with E-state index in [0.29, 0.717) is 0 Å². The highest BCUT2D eigenvalue weighted by atomic mass is 15.0. The fourth-order valence-corrected chi connectivity index (χ4v) is 7.85. The maximum Gasteiger partial charge on any atom is 0.0535 e.